The number of carbonyl (C=O) groups excluding carboxylic acids is 2. The zero-order valence-electron chi connectivity index (χ0n) is 10.4. The van der Waals surface area contributed by atoms with E-state index in [0.29, 0.717) is 17.0 Å². The standard InChI is InChI=1S/C12H9F3N2O4/c13-6-2-1-5(9(14)10(6)15)11(19)17-4-8(18)16-3-7(17)12(20)21/h1-2,7H,3-4H2,(H,16,18)(H,20,21). The third-order valence-corrected chi connectivity index (χ3v) is 2.99. The summed E-state index contributed by atoms with van der Waals surface area (Å²) in [6.45, 7) is -0.973. The monoisotopic (exact) mass is 302 g/mol. The van der Waals surface area contributed by atoms with Crippen molar-refractivity contribution in [1.82, 2.24) is 10.2 Å². The van der Waals surface area contributed by atoms with Gasteiger partial charge in [0, 0.05) is 6.54 Å². The van der Waals surface area contributed by atoms with Gasteiger partial charge in [-0.15, -0.1) is 0 Å². The van der Waals surface area contributed by atoms with Crippen LogP contribution in [-0.2, 0) is 9.59 Å². The van der Waals surface area contributed by atoms with Gasteiger partial charge in [-0.1, -0.05) is 0 Å². The second-order valence-corrected chi connectivity index (χ2v) is 4.31. The molecule has 0 aliphatic carbocycles. The first-order chi connectivity index (χ1) is 9.82. The normalized spacial score (nSPS) is 18.3. The van der Waals surface area contributed by atoms with E-state index in [-0.39, 0.29) is 6.54 Å². The van der Waals surface area contributed by atoms with Crippen LogP contribution in [0.4, 0.5) is 13.2 Å². The Balaban J connectivity index is 2.39. The highest BCUT2D eigenvalue weighted by Crippen LogP contribution is 2.19. The van der Waals surface area contributed by atoms with Crippen LogP contribution in [0.5, 0.6) is 0 Å². The molecule has 1 saturated heterocycles. The van der Waals surface area contributed by atoms with E-state index in [0.717, 1.165) is 0 Å². The Morgan fingerprint density at radius 1 is 1.24 bits per heavy atom. The van der Waals surface area contributed by atoms with Crippen molar-refractivity contribution in [3.63, 3.8) is 0 Å². The smallest absolute Gasteiger partial charge is 0.328 e. The Bertz CT molecular complexity index is 635. The van der Waals surface area contributed by atoms with Crippen LogP contribution in [0.2, 0.25) is 0 Å². The number of carbonyl (C=O) groups is 3. The Kier molecular flexibility index (Phi) is 3.83. The highest BCUT2D eigenvalue weighted by atomic mass is 19.2. The third kappa shape index (κ3) is 2.67. The highest BCUT2D eigenvalue weighted by Gasteiger charge is 2.37. The fourth-order valence-electron chi connectivity index (χ4n) is 1.92. The molecule has 1 heterocycles. The largest absolute Gasteiger partial charge is 0.480 e. The predicted octanol–water partition coefficient (Wildman–Crippen LogP) is 0.129. The van der Waals surface area contributed by atoms with E-state index in [1.807, 2.05) is 0 Å². The number of nitrogens with zero attached hydrogens (tertiary/aromatic N) is 1. The van der Waals surface area contributed by atoms with Crippen LogP contribution in [0.1, 0.15) is 10.4 Å². The molecule has 2 amide bonds. The maximum Gasteiger partial charge on any atom is 0.328 e. The molecule has 1 atom stereocenters. The van der Waals surface area contributed by atoms with Gasteiger partial charge in [-0.3, -0.25) is 9.59 Å². The maximum atomic E-state index is 13.6. The molecule has 0 saturated carbocycles. The van der Waals surface area contributed by atoms with Gasteiger partial charge in [-0.05, 0) is 12.1 Å². The van der Waals surface area contributed by atoms with Crippen LogP contribution < -0.4 is 5.32 Å². The number of nitrogens with one attached hydrogen (secondary N) is 1. The fourth-order valence-corrected chi connectivity index (χ4v) is 1.92. The van der Waals surface area contributed by atoms with Crippen LogP contribution in [0.3, 0.4) is 0 Å². The molecule has 1 aromatic carbocycles. The Morgan fingerprint density at radius 2 is 1.90 bits per heavy atom. The van der Waals surface area contributed by atoms with Crippen molar-refractivity contribution < 1.29 is 32.7 Å². The quantitative estimate of drug-likeness (QED) is 0.760. The summed E-state index contributed by atoms with van der Waals surface area (Å²) in [4.78, 5) is 35.0. The second kappa shape index (κ2) is 5.43. The molecule has 1 aliphatic rings. The Hall–Kier alpha value is -2.58. The summed E-state index contributed by atoms with van der Waals surface area (Å²) in [5.74, 6) is -8.29. The number of hydrogen-bond acceptors (Lipinski definition) is 3. The lowest BCUT2D eigenvalue weighted by Crippen LogP contribution is -2.59. The van der Waals surface area contributed by atoms with Crippen molar-refractivity contribution in [2.45, 2.75) is 6.04 Å². The van der Waals surface area contributed by atoms with Crippen LogP contribution in [0.15, 0.2) is 12.1 Å². The first kappa shape index (κ1) is 14.8. The summed E-state index contributed by atoms with van der Waals surface area (Å²) in [6, 6.07) is -0.171. The van der Waals surface area contributed by atoms with E-state index in [4.69, 9.17) is 5.11 Å². The minimum Gasteiger partial charge on any atom is -0.480 e. The molecule has 1 aromatic rings. The van der Waals surface area contributed by atoms with Gasteiger partial charge in [0.1, 0.15) is 12.6 Å². The minimum atomic E-state index is -1.84. The molecule has 112 valence electrons. The number of halogens is 3. The molecule has 21 heavy (non-hydrogen) atoms. The van der Waals surface area contributed by atoms with Crippen LogP contribution in [0, 0.1) is 17.5 Å². The average Bonchev–Trinajstić information content (AvgIpc) is 2.44. The SMILES string of the molecule is O=C1CN(C(=O)c2ccc(F)c(F)c2F)C(C(=O)O)CN1. The topological polar surface area (TPSA) is 86.7 Å². The van der Waals surface area contributed by atoms with Crippen molar-refractivity contribution in [3.05, 3.63) is 35.1 Å². The van der Waals surface area contributed by atoms with Crippen LogP contribution in [-0.4, -0.2) is 46.9 Å². The van der Waals surface area contributed by atoms with Gasteiger partial charge in [-0.2, -0.15) is 0 Å². The van der Waals surface area contributed by atoms with E-state index in [1.54, 1.807) is 0 Å². The molecule has 2 N–H and O–H groups in total. The maximum absolute atomic E-state index is 13.6. The highest BCUT2D eigenvalue weighted by molar-refractivity contribution is 6.00. The van der Waals surface area contributed by atoms with Gasteiger partial charge in [0.25, 0.3) is 5.91 Å². The van der Waals surface area contributed by atoms with Gasteiger partial charge in [0.15, 0.2) is 17.5 Å². The zero-order valence-corrected chi connectivity index (χ0v) is 10.4. The molecule has 6 nitrogen and oxygen atoms in total. The zero-order chi connectivity index (χ0) is 15.7. The summed E-state index contributed by atoms with van der Waals surface area (Å²) in [6.07, 6.45) is 0. The van der Waals surface area contributed by atoms with Crippen LogP contribution in [0.25, 0.3) is 0 Å². The Morgan fingerprint density at radius 3 is 2.52 bits per heavy atom. The lowest BCUT2D eigenvalue weighted by Gasteiger charge is -2.32. The molecule has 0 aromatic heterocycles. The van der Waals surface area contributed by atoms with Crippen LogP contribution >= 0.6 is 0 Å². The van der Waals surface area contributed by atoms with Crippen molar-refractivity contribution in [1.29, 1.82) is 0 Å². The number of piperazine rings is 1. The first-order valence-corrected chi connectivity index (χ1v) is 5.77. The van der Waals surface area contributed by atoms with Crippen molar-refractivity contribution in [2.75, 3.05) is 13.1 Å². The number of carboxylic acids is 1. The van der Waals surface area contributed by atoms with Crippen molar-refractivity contribution in [3.8, 4) is 0 Å². The Labute approximate surface area is 116 Å². The number of aliphatic carboxylic acids is 1. The number of amides is 2. The lowest BCUT2D eigenvalue weighted by atomic mass is 10.1. The summed E-state index contributed by atoms with van der Waals surface area (Å²) in [7, 11) is 0. The molecule has 9 heteroatoms. The number of carboxylic acid groups (broad SMARTS) is 1. The van der Waals surface area contributed by atoms with E-state index >= 15 is 0 Å². The lowest BCUT2D eigenvalue weighted by molar-refractivity contribution is -0.144. The summed E-state index contributed by atoms with van der Waals surface area (Å²) < 4.78 is 39.6. The molecule has 0 radical (unpaired) electrons. The average molecular weight is 302 g/mol. The summed E-state index contributed by atoms with van der Waals surface area (Å²) in [5, 5.41) is 11.2. The van der Waals surface area contributed by atoms with E-state index in [1.165, 1.54) is 0 Å². The van der Waals surface area contributed by atoms with Gasteiger partial charge in [0.05, 0.1) is 5.56 Å². The number of rotatable bonds is 2. The number of hydrogen-bond donors (Lipinski definition) is 2. The summed E-state index contributed by atoms with van der Waals surface area (Å²) >= 11 is 0. The van der Waals surface area contributed by atoms with E-state index < -0.39 is 53.4 Å². The molecule has 1 fully saturated rings. The molecular weight excluding hydrogens is 293 g/mol. The molecule has 1 unspecified atom stereocenters. The fraction of sp³-hybridized carbons (Fsp3) is 0.250. The van der Waals surface area contributed by atoms with Gasteiger partial charge in [-0.25, -0.2) is 18.0 Å². The number of benzene rings is 1. The summed E-state index contributed by atoms with van der Waals surface area (Å²) in [5.41, 5.74) is -0.838. The first-order valence-electron chi connectivity index (χ1n) is 5.77. The molecular formula is C12H9F3N2O4. The molecule has 0 bridgehead atoms. The van der Waals surface area contributed by atoms with E-state index in [2.05, 4.69) is 5.32 Å². The van der Waals surface area contributed by atoms with Gasteiger partial charge < -0.3 is 15.3 Å². The molecule has 1 aliphatic heterocycles. The third-order valence-electron chi connectivity index (χ3n) is 2.99. The van der Waals surface area contributed by atoms with E-state index in [9.17, 15) is 27.6 Å². The van der Waals surface area contributed by atoms with Crippen molar-refractivity contribution in [2.24, 2.45) is 0 Å². The van der Waals surface area contributed by atoms with Crippen molar-refractivity contribution >= 4 is 17.8 Å². The van der Waals surface area contributed by atoms with Gasteiger partial charge >= 0.3 is 5.97 Å². The van der Waals surface area contributed by atoms with Gasteiger partial charge in [0.2, 0.25) is 5.91 Å². The minimum absolute atomic E-state index is 0.356. The predicted molar refractivity (Wildman–Crippen MR) is 61.8 cm³/mol. The molecule has 0 spiro atoms. The second-order valence-electron chi connectivity index (χ2n) is 4.31. The molecule has 2 rings (SSSR count).